The van der Waals surface area contributed by atoms with Gasteiger partial charge in [0.15, 0.2) is 4.80 Å². The Labute approximate surface area is 253 Å². The minimum Gasteiger partial charge on any atom is -0.463 e. The molecular weight excluding hydrogens is 624 g/mol. The standard InChI is InChI=1S/C31H25BrN2O5S2/c1-4-38-30(37)26-27(19-8-6-5-7-9-19)33-31-34(28(26)20-10-13-23(40-3)14-11-20)29(36)25(41-31)17-21-16-22(32)12-15-24(21)39-18(2)35/h5-17,28H,4H2,1-3H3/b25-17-/t28-/m0/s1. The summed E-state index contributed by atoms with van der Waals surface area (Å²) >= 11 is 6.26. The average molecular weight is 650 g/mol. The van der Waals surface area contributed by atoms with Crippen LogP contribution in [-0.4, -0.2) is 29.4 Å². The van der Waals surface area contributed by atoms with Crippen molar-refractivity contribution in [2.24, 2.45) is 4.99 Å². The zero-order valence-corrected chi connectivity index (χ0v) is 25.6. The summed E-state index contributed by atoms with van der Waals surface area (Å²) in [6.45, 7) is 3.25. The monoisotopic (exact) mass is 648 g/mol. The molecule has 4 aromatic rings. The van der Waals surface area contributed by atoms with Crippen LogP contribution in [0.4, 0.5) is 0 Å². The van der Waals surface area contributed by atoms with E-state index in [0.29, 0.717) is 26.3 Å². The van der Waals surface area contributed by atoms with Gasteiger partial charge in [0.25, 0.3) is 5.56 Å². The van der Waals surface area contributed by atoms with Gasteiger partial charge in [-0.3, -0.25) is 14.2 Å². The first-order valence-electron chi connectivity index (χ1n) is 12.7. The molecule has 0 unspecified atom stereocenters. The second-order valence-electron chi connectivity index (χ2n) is 8.98. The van der Waals surface area contributed by atoms with E-state index >= 15 is 0 Å². The van der Waals surface area contributed by atoms with E-state index in [4.69, 9.17) is 14.5 Å². The molecule has 0 saturated heterocycles. The van der Waals surface area contributed by atoms with Crippen LogP contribution in [-0.2, 0) is 14.3 Å². The summed E-state index contributed by atoms with van der Waals surface area (Å²) in [6, 6.07) is 21.6. The molecule has 0 amide bonds. The van der Waals surface area contributed by atoms with E-state index < -0.39 is 18.0 Å². The average Bonchev–Trinajstić information content (AvgIpc) is 3.28. The first-order chi connectivity index (χ1) is 19.8. The number of halogens is 1. The van der Waals surface area contributed by atoms with Crippen molar-refractivity contribution in [3.8, 4) is 5.75 Å². The number of esters is 2. The topological polar surface area (TPSA) is 87.0 Å². The molecule has 1 aliphatic heterocycles. The van der Waals surface area contributed by atoms with Crippen molar-refractivity contribution >= 4 is 62.7 Å². The van der Waals surface area contributed by atoms with Crippen LogP contribution in [0.3, 0.4) is 0 Å². The fourth-order valence-corrected chi connectivity index (χ4v) is 6.34. The number of carbonyl (C=O) groups is 2. The Kier molecular flexibility index (Phi) is 8.72. The maximum atomic E-state index is 14.1. The van der Waals surface area contributed by atoms with Crippen molar-refractivity contribution in [2.75, 3.05) is 12.9 Å². The lowest BCUT2D eigenvalue weighted by Gasteiger charge is -2.26. The molecule has 41 heavy (non-hydrogen) atoms. The zero-order chi connectivity index (χ0) is 29.1. The number of hydrogen-bond acceptors (Lipinski definition) is 8. The van der Waals surface area contributed by atoms with Crippen molar-refractivity contribution in [3.63, 3.8) is 0 Å². The second-order valence-corrected chi connectivity index (χ2v) is 11.8. The van der Waals surface area contributed by atoms with Crippen molar-refractivity contribution in [2.45, 2.75) is 24.8 Å². The number of fused-ring (bicyclic) bond motifs is 1. The van der Waals surface area contributed by atoms with E-state index in [-0.39, 0.29) is 17.7 Å². The predicted molar refractivity (Wildman–Crippen MR) is 165 cm³/mol. The van der Waals surface area contributed by atoms with E-state index in [9.17, 15) is 14.4 Å². The van der Waals surface area contributed by atoms with Gasteiger partial charge < -0.3 is 9.47 Å². The Balaban J connectivity index is 1.81. The lowest BCUT2D eigenvalue weighted by atomic mass is 9.93. The normalized spacial score (nSPS) is 14.8. The lowest BCUT2D eigenvalue weighted by Crippen LogP contribution is -2.40. The molecule has 0 fully saturated rings. The van der Waals surface area contributed by atoms with Gasteiger partial charge in [0, 0.05) is 27.4 Å². The fourth-order valence-electron chi connectivity index (χ4n) is 4.56. The van der Waals surface area contributed by atoms with E-state index in [2.05, 4.69) is 15.9 Å². The number of thioether (sulfide) groups is 1. The largest absolute Gasteiger partial charge is 0.463 e. The summed E-state index contributed by atoms with van der Waals surface area (Å²) in [5, 5.41) is 0. The molecule has 5 rings (SSSR count). The van der Waals surface area contributed by atoms with Crippen molar-refractivity contribution in [1.82, 2.24) is 4.57 Å². The van der Waals surface area contributed by atoms with Crippen molar-refractivity contribution in [3.05, 3.63) is 119 Å². The second kappa shape index (κ2) is 12.4. The van der Waals surface area contributed by atoms with Crippen LogP contribution in [0.25, 0.3) is 11.8 Å². The van der Waals surface area contributed by atoms with Gasteiger partial charge in [-0.1, -0.05) is 69.7 Å². The fraction of sp³-hybridized carbons (Fsp3) is 0.161. The molecule has 1 aliphatic rings. The van der Waals surface area contributed by atoms with Crippen molar-refractivity contribution in [1.29, 1.82) is 0 Å². The molecule has 10 heteroatoms. The summed E-state index contributed by atoms with van der Waals surface area (Å²) in [5.41, 5.74) is 2.47. The summed E-state index contributed by atoms with van der Waals surface area (Å²) in [7, 11) is 0. The molecule has 3 aromatic carbocycles. The van der Waals surface area contributed by atoms with Gasteiger partial charge in [-0.25, -0.2) is 9.79 Å². The summed E-state index contributed by atoms with van der Waals surface area (Å²) in [6.07, 6.45) is 3.67. The van der Waals surface area contributed by atoms with Crippen LogP contribution < -0.4 is 19.6 Å². The molecule has 0 saturated carbocycles. The number of aromatic nitrogens is 1. The Bertz CT molecular complexity index is 1840. The lowest BCUT2D eigenvalue weighted by molar-refractivity contribution is -0.139. The number of ether oxygens (including phenoxy) is 2. The number of thiazole rings is 1. The van der Waals surface area contributed by atoms with E-state index in [1.54, 1.807) is 47.5 Å². The van der Waals surface area contributed by atoms with E-state index in [1.165, 1.54) is 18.3 Å². The number of rotatable bonds is 7. The van der Waals surface area contributed by atoms with Gasteiger partial charge >= 0.3 is 11.9 Å². The first-order valence-corrected chi connectivity index (χ1v) is 15.5. The molecule has 0 aliphatic carbocycles. The summed E-state index contributed by atoms with van der Waals surface area (Å²) in [4.78, 5) is 45.8. The molecule has 0 radical (unpaired) electrons. The van der Waals surface area contributed by atoms with Gasteiger partial charge in [-0.2, -0.15) is 0 Å². The van der Waals surface area contributed by atoms with Crippen LogP contribution in [0, 0.1) is 0 Å². The molecule has 1 aromatic heterocycles. The highest BCUT2D eigenvalue weighted by Gasteiger charge is 2.35. The van der Waals surface area contributed by atoms with Gasteiger partial charge in [0.1, 0.15) is 5.75 Å². The number of carbonyl (C=O) groups excluding carboxylic acids is 2. The third kappa shape index (κ3) is 6.00. The first kappa shape index (κ1) is 28.8. The van der Waals surface area contributed by atoms with Crippen LogP contribution >= 0.6 is 39.0 Å². The highest BCUT2D eigenvalue weighted by molar-refractivity contribution is 9.10. The molecule has 1 atom stereocenters. The van der Waals surface area contributed by atoms with Crippen LogP contribution in [0.5, 0.6) is 5.75 Å². The molecule has 0 spiro atoms. The third-order valence-electron chi connectivity index (χ3n) is 6.32. The summed E-state index contributed by atoms with van der Waals surface area (Å²) < 4.78 is 13.6. The van der Waals surface area contributed by atoms with Gasteiger partial charge in [0.05, 0.1) is 28.5 Å². The van der Waals surface area contributed by atoms with E-state index in [1.807, 2.05) is 60.9 Å². The highest BCUT2D eigenvalue weighted by Crippen LogP contribution is 2.35. The predicted octanol–water partition coefficient (Wildman–Crippen LogP) is 5.35. The Morgan fingerprint density at radius 3 is 2.49 bits per heavy atom. The quantitative estimate of drug-likeness (QED) is 0.153. The molecular formula is C31H25BrN2O5S2. The Morgan fingerprint density at radius 1 is 1.10 bits per heavy atom. The number of hydrogen-bond donors (Lipinski definition) is 0. The number of nitrogens with zero attached hydrogens (tertiary/aromatic N) is 2. The number of benzene rings is 3. The smallest absolute Gasteiger partial charge is 0.338 e. The van der Waals surface area contributed by atoms with Crippen molar-refractivity contribution < 1.29 is 19.1 Å². The van der Waals surface area contributed by atoms with Crippen LogP contribution in [0.15, 0.2) is 97.5 Å². The maximum Gasteiger partial charge on any atom is 0.338 e. The van der Waals surface area contributed by atoms with Gasteiger partial charge in [0.2, 0.25) is 0 Å². The Morgan fingerprint density at radius 2 is 1.83 bits per heavy atom. The van der Waals surface area contributed by atoms with Crippen LogP contribution in [0.2, 0.25) is 0 Å². The zero-order valence-electron chi connectivity index (χ0n) is 22.4. The molecule has 208 valence electrons. The van der Waals surface area contributed by atoms with Gasteiger partial charge in [-0.15, -0.1) is 11.8 Å². The molecule has 7 nitrogen and oxygen atoms in total. The van der Waals surface area contributed by atoms with E-state index in [0.717, 1.165) is 20.5 Å². The van der Waals surface area contributed by atoms with Crippen LogP contribution in [0.1, 0.15) is 36.6 Å². The minimum absolute atomic E-state index is 0.175. The minimum atomic E-state index is -0.769. The Hall–Kier alpha value is -3.73. The maximum absolute atomic E-state index is 14.1. The molecule has 2 heterocycles. The SMILES string of the molecule is CCOC(=O)C1=C(c2ccccc2)N=c2s/c(=C\c3cc(Br)ccc3OC(C)=O)c(=O)n2[C@H]1c1ccc(SC)cc1. The van der Waals surface area contributed by atoms with Gasteiger partial charge in [-0.05, 0) is 55.2 Å². The molecule has 0 N–H and O–H groups in total. The third-order valence-corrected chi connectivity index (χ3v) is 8.54. The molecule has 0 bridgehead atoms. The summed E-state index contributed by atoms with van der Waals surface area (Å²) in [5.74, 6) is -0.677. The highest BCUT2D eigenvalue weighted by atomic mass is 79.9.